The zero-order chi connectivity index (χ0) is 15.0. The number of rotatable bonds is 3. The van der Waals surface area contributed by atoms with Crippen molar-refractivity contribution in [2.45, 2.75) is 0 Å². The Bertz CT molecular complexity index is 870. The quantitative estimate of drug-likeness (QED) is 0.729. The van der Waals surface area contributed by atoms with Gasteiger partial charge >= 0.3 is 0 Å². The van der Waals surface area contributed by atoms with Crippen LogP contribution < -0.4 is 9.47 Å². The number of halogens is 1. The van der Waals surface area contributed by atoms with Crippen LogP contribution in [-0.2, 0) is 0 Å². The third-order valence-electron chi connectivity index (χ3n) is 3.29. The fraction of sp³-hybridized carbons (Fsp3) is 0.133. The summed E-state index contributed by atoms with van der Waals surface area (Å²) >= 11 is 11.5. The van der Waals surface area contributed by atoms with Crippen LogP contribution in [0.3, 0.4) is 0 Å². The van der Waals surface area contributed by atoms with E-state index in [1.165, 1.54) is 0 Å². The second-order valence-electron chi connectivity index (χ2n) is 4.44. The summed E-state index contributed by atoms with van der Waals surface area (Å²) in [5.41, 5.74) is 2.67. The van der Waals surface area contributed by atoms with Crippen molar-refractivity contribution in [3.63, 3.8) is 0 Å². The minimum absolute atomic E-state index is 0.560. The number of methoxy groups -OCH3 is 2. The van der Waals surface area contributed by atoms with Crippen LogP contribution in [0.2, 0.25) is 5.02 Å². The Labute approximate surface area is 131 Å². The molecule has 1 N–H and O–H groups in total. The normalized spacial score (nSPS) is 10.8. The molecule has 3 rings (SSSR count). The molecule has 1 aromatic heterocycles. The van der Waals surface area contributed by atoms with Crippen LogP contribution in [0.1, 0.15) is 0 Å². The molecule has 2 aromatic carbocycles. The van der Waals surface area contributed by atoms with E-state index < -0.39 is 0 Å². The first-order chi connectivity index (χ1) is 10.2. The average molecular weight is 321 g/mol. The van der Waals surface area contributed by atoms with Gasteiger partial charge in [0.05, 0.1) is 30.4 Å². The van der Waals surface area contributed by atoms with Crippen molar-refractivity contribution in [2.75, 3.05) is 14.2 Å². The molecule has 4 nitrogen and oxygen atoms in total. The second kappa shape index (κ2) is 5.42. The summed E-state index contributed by atoms with van der Waals surface area (Å²) in [5, 5.41) is 0.560. The summed E-state index contributed by atoms with van der Waals surface area (Å²) in [6, 6.07) is 11.3. The van der Waals surface area contributed by atoms with Crippen LogP contribution in [0.25, 0.3) is 16.7 Å². The molecule has 21 heavy (non-hydrogen) atoms. The molecule has 108 valence electrons. The summed E-state index contributed by atoms with van der Waals surface area (Å²) in [4.78, 5) is 3.18. The highest BCUT2D eigenvalue weighted by molar-refractivity contribution is 7.71. The van der Waals surface area contributed by atoms with E-state index in [1.807, 2.05) is 34.9 Å². The smallest absolute Gasteiger partial charge is 0.182 e. The van der Waals surface area contributed by atoms with E-state index in [1.54, 1.807) is 20.3 Å². The number of nitrogens with zero attached hydrogens (tertiary/aromatic N) is 1. The summed E-state index contributed by atoms with van der Waals surface area (Å²) < 4.78 is 13.1. The molecule has 0 fully saturated rings. The molecule has 0 atom stereocenters. The number of para-hydroxylation sites is 1. The molecule has 0 bridgehead atoms. The standard InChI is InChI=1S/C15H13ClN2O2S/c1-19-12-5-3-4-11-14(12)17-15(21)18(11)9-6-7-10(16)13(8-9)20-2/h3-8H,1-2H3,(H,17,21). The number of ether oxygens (including phenoxy) is 2. The molecule has 0 saturated carbocycles. The van der Waals surface area contributed by atoms with Crippen LogP contribution in [0.15, 0.2) is 36.4 Å². The van der Waals surface area contributed by atoms with Gasteiger partial charge in [-0.25, -0.2) is 0 Å². The number of hydrogen-bond acceptors (Lipinski definition) is 3. The van der Waals surface area contributed by atoms with E-state index in [-0.39, 0.29) is 0 Å². The van der Waals surface area contributed by atoms with Crippen molar-refractivity contribution in [1.82, 2.24) is 9.55 Å². The Morgan fingerprint density at radius 1 is 1.10 bits per heavy atom. The molecule has 0 aliphatic rings. The highest BCUT2D eigenvalue weighted by Crippen LogP contribution is 2.31. The number of benzene rings is 2. The highest BCUT2D eigenvalue weighted by atomic mass is 35.5. The van der Waals surface area contributed by atoms with Crippen molar-refractivity contribution in [1.29, 1.82) is 0 Å². The van der Waals surface area contributed by atoms with E-state index in [9.17, 15) is 0 Å². The van der Waals surface area contributed by atoms with Gasteiger partial charge in [0.25, 0.3) is 0 Å². The molecule has 0 radical (unpaired) electrons. The second-order valence-corrected chi connectivity index (χ2v) is 5.23. The zero-order valence-corrected chi connectivity index (χ0v) is 13.1. The van der Waals surface area contributed by atoms with Crippen molar-refractivity contribution >= 4 is 34.9 Å². The van der Waals surface area contributed by atoms with Gasteiger partial charge in [0, 0.05) is 6.07 Å². The van der Waals surface area contributed by atoms with Gasteiger partial charge in [-0.3, -0.25) is 4.57 Å². The molecule has 6 heteroatoms. The maximum atomic E-state index is 6.08. The van der Waals surface area contributed by atoms with E-state index in [0.29, 0.717) is 15.5 Å². The fourth-order valence-corrected chi connectivity index (χ4v) is 2.82. The Morgan fingerprint density at radius 3 is 2.57 bits per heavy atom. The van der Waals surface area contributed by atoms with Gasteiger partial charge in [0.1, 0.15) is 17.0 Å². The SMILES string of the molecule is COc1cc(-n2c(=S)[nH]c3c(OC)cccc32)ccc1Cl. The number of fused-ring (bicyclic) bond motifs is 1. The van der Waals surface area contributed by atoms with Crippen LogP contribution in [0.5, 0.6) is 11.5 Å². The van der Waals surface area contributed by atoms with E-state index in [0.717, 1.165) is 22.5 Å². The predicted molar refractivity (Wildman–Crippen MR) is 86.6 cm³/mol. The van der Waals surface area contributed by atoms with E-state index in [2.05, 4.69) is 4.98 Å². The minimum atomic E-state index is 0.560. The first-order valence-electron chi connectivity index (χ1n) is 6.27. The number of aromatic nitrogens is 2. The fourth-order valence-electron chi connectivity index (χ4n) is 2.32. The van der Waals surface area contributed by atoms with Crippen molar-refractivity contribution < 1.29 is 9.47 Å². The molecular weight excluding hydrogens is 308 g/mol. The van der Waals surface area contributed by atoms with Gasteiger partial charge < -0.3 is 14.5 Å². The summed E-state index contributed by atoms with van der Waals surface area (Å²) in [7, 11) is 3.22. The largest absolute Gasteiger partial charge is 0.495 e. The maximum absolute atomic E-state index is 6.08. The Kier molecular flexibility index (Phi) is 3.61. The lowest BCUT2D eigenvalue weighted by Crippen LogP contribution is -1.95. The van der Waals surface area contributed by atoms with Gasteiger partial charge in [-0.15, -0.1) is 0 Å². The summed E-state index contributed by atoms with van der Waals surface area (Å²) in [6.45, 7) is 0. The molecular formula is C15H13ClN2O2S. The number of hydrogen-bond donors (Lipinski definition) is 1. The van der Waals surface area contributed by atoms with Crippen molar-refractivity contribution in [2.24, 2.45) is 0 Å². The van der Waals surface area contributed by atoms with Gasteiger partial charge in [-0.05, 0) is 36.5 Å². The molecule has 3 aromatic rings. The Balaban J connectivity index is 2.30. The van der Waals surface area contributed by atoms with Crippen LogP contribution in [0.4, 0.5) is 0 Å². The van der Waals surface area contributed by atoms with Crippen molar-refractivity contribution in [3.8, 4) is 17.2 Å². The molecule has 1 heterocycles. The Hall–Kier alpha value is -1.98. The van der Waals surface area contributed by atoms with Crippen LogP contribution >= 0.6 is 23.8 Å². The number of imidazole rings is 1. The predicted octanol–water partition coefficient (Wildman–Crippen LogP) is 4.36. The van der Waals surface area contributed by atoms with Crippen molar-refractivity contribution in [3.05, 3.63) is 46.2 Å². The number of nitrogens with one attached hydrogen (secondary N) is 1. The Morgan fingerprint density at radius 2 is 1.86 bits per heavy atom. The van der Waals surface area contributed by atoms with Crippen LogP contribution in [-0.4, -0.2) is 23.8 Å². The lowest BCUT2D eigenvalue weighted by atomic mass is 10.2. The first-order valence-corrected chi connectivity index (χ1v) is 7.06. The highest BCUT2D eigenvalue weighted by Gasteiger charge is 2.11. The lowest BCUT2D eigenvalue weighted by Gasteiger charge is -2.09. The average Bonchev–Trinajstić information content (AvgIpc) is 2.83. The van der Waals surface area contributed by atoms with E-state index in [4.69, 9.17) is 33.3 Å². The minimum Gasteiger partial charge on any atom is -0.495 e. The van der Waals surface area contributed by atoms with Gasteiger partial charge in [0.2, 0.25) is 0 Å². The molecule has 0 aliphatic carbocycles. The topological polar surface area (TPSA) is 39.2 Å². The molecule has 0 amide bonds. The lowest BCUT2D eigenvalue weighted by molar-refractivity contribution is 0.415. The monoisotopic (exact) mass is 320 g/mol. The maximum Gasteiger partial charge on any atom is 0.182 e. The molecule has 0 saturated heterocycles. The molecule has 0 spiro atoms. The molecule has 0 unspecified atom stereocenters. The number of H-pyrrole nitrogens is 1. The third kappa shape index (κ3) is 2.28. The summed E-state index contributed by atoms with van der Waals surface area (Å²) in [6.07, 6.45) is 0. The van der Waals surface area contributed by atoms with Crippen LogP contribution in [0, 0.1) is 4.77 Å². The van der Waals surface area contributed by atoms with Gasteiger partial charge in [-0.1, -0.05) is 17.7 Å². The van der Waals surface area contributed by atoms with Gasteiger partial charge in [0.15, 0.2) is 4.77 Å². The zero-order valence-electron chi connectivity index (χ0n) is 11.5. The van der Waals surface area contributed by atoms with Gasteiger partial charge in [-0.2, -0.15) is 0 Å². The first kappa shape index (κ1) is 14.0. The third-order valence-corrected chi connectivity index (χ3v) is 3.89. The summed E-state index contributed by atoms with van der Waals surface area (Å²) in [5.74, 6) is 1.35. The number of aromatic amines is 1. The molecule has 0 aliphatic heterocycles. The van der Waals surface area contributed by atoms with E-state index >= 15 is 0 Å².